The van der Waals surface area contributed by atoms with Gasteiger partial charge in [0, 0.05) is 36.9 Å². The number of H-pyrrole nitrogens is 1. The number of aromatic nitrogens is 1. The third kappa shape index (κ3) is 7.84. The smallest absolute Gasteiger partial charge is 0.325 e. The lowest BCUT2D eigenvalue weighted by Gasteiger charge is -2.22. The Balaban J connectivity index is 2.16. The highest BCUT2D eigenvalue weighted by molar-refractivity contribution is 6.26. The van der Waals surface area contributed by atoms with Crippen LogP contribution >= 0.6 is 0 Å². The van der Waals surface area contributed by atoms with Gasteiger partial charge < -0.3 is 31.1 Å². The molecule has 11 heteroatoms. The quantitative estimate of drug-likeness (QED) is 0.209. The van der Waals surface area contributed by atoms with E-state index in [9.17, 15) is 24.0 Å². The van der Waals surface area contributed by atoms with Crippen LogP contribution in [0.1, 0.15) is 32.3 Å². The molecule has 5 N–H and O–H groups in total. The second-order valence-electron chi connectivity index (χ2n) is 7.55. The van der Waals surface area contributed by atoms with Crippen molar-refractivity contribution in [3.05, 3.63) is 36.0 Å². The average Bonchev–Trinajstić information content (AvgIpc) is 3.22. The van der Waals surface area contributed by atoms with Crippen molar-refractivity contribution in [2.24, 2.45) is 0 Å². The number of Topliss-reactive ketones (excluding diaryl/α,β-unsaturated/α-hetero) is 1. The zero-order chi connectivity index (χ0) is 25.1. The van der Waals surface area contributed by atoms with Crippen LogP contribution in [0.25, 0.3) is 10.9 Å². The van der Waals surface area contributed by atoms with Crippen LogP contribution in [0.2, 0.25) is 0 Å². The third-order valence-corrected chi connectivity index (χ3v) is 4.98. The Morgan fingerprint density at radius 1 is 1.09 bits per heavy atom. The van der Waals surface area contributed by atoms with E-state index in [-0.39, 0.29) is 25.9 Å². The molecule has 0 fully saturated rings. The van der Waals surface area contributed by atoms with Crippen LogP contribution in [0.4, 0.5) is 0 Å². The molecule has 2 rings (SSSR count). The van der Waals surface area contributed by atoms with Gasteiger partial charge in [-0.3, -0.25) is 24.0 Å². The molecular formula is C23H29N5O6. The van der Waals surface area contributed by atoms with Gasteiger partial charge in [0.2, 0.25) is 17.7 Å². The zero-order valence-corrected chi connectivity index (χ0v) is 19.1. The second kappa shape index (κ2) is 12.9. The summed E-state index contributed by atoms with van der Waals surface area (Å²) in [4.78, 5) is 63.7. The Morgan fingerprint density at radius 3 is 2.50 bits per heavy atom. The molecule has 0 aliphatic heterocycles. The molecule has 11 nitrogen and oxygen atoms in total. The SMILES string of the molecule is CCOC(=O)CNC(=O)[C@H](CCC(=O)C=N)NC(=O)[C@H](Cc1c[nH]c2ccccc12)NC(C)=O. The molecule has 0 aliphatic rings. The van der Waals surface area contributed by atoms with Crippen molar-refractivity contribution < 1.29 is 28.7 Å². The molecule has 1 heterocycles. The summed E-state index contributed by atoms with van der Waals surface area (Å²) < 4.78 is 4.77. The first kappa shape index (κ1) is 26.2. The van der Waals surface area contributed by atoms with Crippen molar-refractivity contribution in [2.75, 3.05) is 13.2 Å². The predicted molar refractivity (Wildman–Crippen MR) is 124 cm³/mol. The predicted octanol–water partition coefficient (Wildman–Crippen LogP) is 0.378. The van der Waals surface area contributed by atoms with Crippen molar-refractivity contribution >= 4 is 46.6 Å². The average molecular weight is 472 g/mol. The number of esters is 1. The summed E-state index contributed by atoms with van der Waals surface area (Å²) in [7, 11) is 0. The van der Waals surface area contributed by atoms with Crippen molar-refractivity contribution in [1.82, 2.24) is 20.9 Å². The van der Waals surface area contributed by atoms with E-state index in [1.165, 1.54) is 6.92 Å². The first-order chi connectivity index (χ1) is 16.2. The van der Waals surface area contributed by atoms with Gasteiger partial charge in [-0.15, -0.1) is 0 Å². The summed E-state index contributed by atoms with van der Waals surface area (Å²) in [5.74, 6) is -2.91. The molecule has 0 aliphatic carbocycles. The van der Waals surface area contributed by atoms with Crippen molar-refractivity contribution in [3.63, 3.8) is 0 Å². The lowest BCUT2D eigenvalue weighted by atomic mass is 10.0. The zero-order valence-electron chi connectivity index (χ0n) is 19.1. The number of para-hydroxylation sites is 1. The van der Waals surface area contributed by atoms with E-state index >= 15 is 0 Å². The van der Waals surface area contributed by atoms with Gasteiger partial charge in [-0.05, 0) is 25.0 Å². The van der Waals surface area contributed by atoms with E-state index in [1.54, 1.807) is 13.1 Å². The van der Waals surface area contributed by atoms with Crippen LogP contribution in [-0.2, 0) is 35.1 Å². The maximum Gasteiger partial charge on any atom is 0.325 e. The Bertz CT molecular complexity index is 1060. The van der Waals surface area contributed by atoms with Crippen LogP contribution in [0, 0.1) is 5.41 Å². The van der Waals surface area contributed by atoms with Crippen molar-refractivity contribution in [2.45, 2.75) is 45.2 Å². The Kier molecular flexibility index (Phi) is 9.93. The minimum atomic E-state index is -1.16. The van der Waals surface area contributed by atoms with Gasteiger partial charge in [-0.1, -0.05) is 18.2 Å². The van der Waals surface area contributed by atoms with Gasteiger partial charge >= 0.3 is 5.97 Å². The summed E-state index contributed by atoms with van der Waals surface area (Å²) in [5, 5.41) is 15.5. The summed E-state index contributed by atoms with van der Waals surface area (Å²) in [6.07, 6.45) is 2.29. The topological polar surface area (TPSA) is 170 Å². The number of amides is 3. The van der Waals surface area contributed by atoms with E-state index in [0.29, 0.717) is 6.21 Å². The van der Waals surface area contributed by atoms with Crippen LogP contribution in [-0.4, -0.2) is 65.9 Å². The van der Waals surface area contributed by atoms with Crippen LogP contribution in [0.5, 0.6) is 0 Å². The summed E-state index contributed by atoms with van der Waals surface area (Å²) >= 11 is 0. The van der Waals surface area contributed by atoms with Gasteiger partial charge in [0.25, 0.3) is 0 Å². The summed E-state index contributed by atoms with van der Waals surface area (Å²) in [6.45, 7) is 2.65. The van der Waals surface area contributed by atoms with E-state index in [2.05, 4.69) is 20.9 Å². The van der Waals surface area contributed by atoms with E-state index in [4.69, 9.17) is 10.1 Å². The minimum Gasteiger partial charge on any atom is -0.465 e. The molecule has 0 unspecified atom stereocenters. The van der Waals surface area contributed by atoms with Crippen LogP contribution < -0.4 is 16.0 Å². The number of aromatic amines is 1. The largest absolute Gasteiger partial charge is 0.465 e. The maximum absolute atomic E-state index is 13.1. The number of nitrogens with one attached hydrogen (secondary N) is 5. The lowest BCUT2D eigenvalue weighted by molar-refractivity contribution is -0.143. The molecule has 3 amide bonds. The standard InChI is InChI=1S/C23H29N5O6/c1-3-34-21(31)13-26-22(32)19(9-8-16(30)11-24)28-23(33)20(27-14(2)29)10-15-12-25-18-7-5-4-6-17(15)18/h4-7,11-12,19-20,24-25H,3,8-10,13H2,1-2H3,(H,26,32)(H,27,29)(H,28,33)/t19-,20-/m0/s1. The van der Waals surface area contributed by atoms with Crippen molar-refractivity contribution in [1.29, 1.82) is 5.41 Å². The molecule has 0 saturated heterocycles. The highest BCUT2D eigenvalue weighted by Gasteiger charge is 2.27. The number of ketones is 1. The fourth-order valence-electron chi connectivity index (χ4n) is 3.37. The van der Waals surface area contributed by atoms with E-state index in [1.807, 2.05) is 24.3 Å². The molecule has 1 aromatic carbocycles. The lowest BCUT2D eigenvalue weighted by Crippen LogP contribution is -2.54. The Morgan fingerprint density at radius 2 is 1.82 bits per heavy atom. The fourth-order valence-corrected chi connectivity index (χ4v) is 3.37. The molecule has 2 atom stereocenters. The molecule has 0 radical (unpaired) electrons. The Hall–Kier alpha value is -4.02. The number of benzene rings is 1. The maximum atomic E-state index is 13.1. The first-order valence-electron chi connectivity index (χ1n) is 10.8. The van der Waals surface area contributed by atoms with E-state index < -0.39 is 48.1 Å². The molecule has 1 aromatic heterocycles. The van der Waals surface area contributed by atoms with E-state index in [0.717, 1.165) is 16.5 Å². The molecule has 0 spiro atoms. The molecule has 34 heavy (non-hydrogen) atoms. The number of rotatable bonds is 13. The molecule has 0 saturated carbocycles. The highest BCUT2D eigenvalue weighted by Crippen LogP contribution is 2.19. The fraction of sp³-hybridized carbons (Fsp3) is 0.391. The normalized spacial score (nSPS) is 12.3. The second-order valence-corrected chi connectivity index (χ2v) is 7.55. The van der Waals surface area contributed by atoms with Gasteiger partial charge in [0.1, 0.15) is 18.6 Å². The van der Waals surface area contributed by atoms with Gasteiger partial charge in [0.05, 0.1) is 12.8 Å². The number of carbonyl (C=O) groups is 5. The summed E-state index contributed by atoms with van der Waals surface area (Å²) in [5.41, 5.74) is 1.67. The Labute approximate surface area is 196 Å². The third-order valence-electron chi connectivity index (χ3n) is 4.98. The van der Waals surface area contributed by atoms with Gasteiger partial charge in [0.15, 0.2) is 5.78 Å². The van der Waals surface area contributed by atoms with Crippen molar-refractivity contribution in [3.8, 4) is 0 Å². The molecule has 0 bridgehead atoms. The monoisotopic (exact) mass is 471 g/mol. The number of fused-ring (bicyclic) bond motifs is 1. The van der Waals surface area contributed by atoms with Crippen LogP contribution in [0.3, 0.4) is 0 Å². The van der Waals surface area contributed by atoms with Gasteiger partial charge in [-0.2, -0.15) is 0 Å². The molecular weight excluding hydrogens is 442 g/mol. The van der Waals surface area contributed by atoms with Crippen LogP contribution in [0.15, 0.2) is 30.5 Å². The van der Waals surface area contributed by atoms with Gasteiger partial charge in [-0.25, -0.2) is 0 Å². The number of carbonyl (C=O) groups excluding carboxylic acids is 5. The number of ether oxygens (including phenoxy) is 1. The number of hydrogen-bond donors (Lipinski definition) is 5. The number of hydrogen-bond acceptors (Lipinski definition) is 7. The summed E-state index contributed by atoms with van der Waals surface area (Å²) in [6, 6.07) is 5.35. The molecule has 2 aromatic rings. The highest BCUT2D eigenvalue weighted by atomic mass is 16.5. The first-order valence-corrected chi connectivity index (χ1v) is 10.8. The molecule has 182 valence electrons. The minimum absolute atomic E-state index is 0.0888.